The summed E-state index contributed by atoms with van der Waals surface area (Å²) in [5.41, 5.74) is 4.12. The quantitative estimate of drug-likeness (QED) is 0.856. The molecule has 1 N–H and O–H groups in total. The van der Waals surface area contributed by atoms with Gasteiger partial charge in [0.25, 0.3) is 0 Å². The first-order valence-corrected chi connectivity index (χ1v) is 6.27. The molecular weight excluding hydrogens is 240 g/mol. The molecule has 0 saturated heterocycles. The van der Waals surface area contributed by atoms with E-state index >= 15 is 0 Å². The van der Waals surface area contributed by atoms with Crippen molar-refractivity contribution in [1.82, 2.24) is 10.2 Å². The normalized spacial score (nSPS) is 10.8. The molecule has 0 bridgehead atoms. The number of aldehydes is 1. The average Bonchev–Trinajstić information content (AvgIpc) is 2.78. The number of methoxy groups -OCH3 is 1. The minimum absolute atomic E-state index is 0.342. The van der Waals surface area contributed by atoms with Gasteiger partial charge < -0.3 is 4.74 Å². The lowest BCUT2D eigenvalue weighted by atomic mass is 9.97. The number of nitrogens with zero attached hydrogens (tertiary/aromatic N) is 1. The molecule has 0 aliphatic rings. The number of nitrogens with one attached hydrogen (secondary N) is 1. The third kappa shape index (κ3) is 2.38. The van der Waals surface area contributed by atoms with Crippen LogP contribution in [0.4, 0.5) is 0 Å². The third-order valence-electron chi connectivity index (χ3n) is 3.24. The Bertz CT molecular complexity index is 600. The second-order valence-corrected chi connectivity index (χ2v) is 4.84. The summed E-state index contributed by atoms with van der Waals surface area (Å²) in [6.07, 6.45) is 0.841. The number of hydrogen-bond donors (Lipinski definition) is 1. The van der Waals surface area contributed by atoms with Gasteiger partial charge in [0.1, 0.15) is 11.4 Å². The Hall–Kier alpha value is -2.10. The van der Waals surface area contributed by atoms with Crippen molar-refractivity contribution < 1.29 is 9.53 Å². The molecule has 1 aromatic carbocycles. The lowest BCUT2D eigenvalue weighted by molar-refractivity contribution is 0.112. The van der Waals surface area contributed by atoms with Crippen molar-refractivity contribution >= 4 is 6.29 Å². The van der Waals surface area contributed by atoms with Gasteiger partial charge in [0.05, 0.1) is 12.7 Å². The Morgan fingerprint density at radius 2 is 2.11 bits per heavy atom. The number of aromatic amines is 1. The van der Waals surface area contributed by atoms with Crippen LogP contribution < -0.4 is 4.74 Å². The molecule has 4 nitrogen and oxygen atoms in total. The van der Waals surface area contributed by atoms with Crippen LogP contribution in [-0.4, -0.2) is 23.6 Å². The molecule has 0 spiro atoms. The van der Waals surface area contributed by atoms with E-state index in [0.29, 0.717) is 17.2 Å². The fourth-order valence-corrected chi connectivity index (χ4v) is 2.13. The molecule has 0 unspecified atom stereocenters. The molecule has 0 aliphatic carbocycles. The van der Waals surface area contributed by atoms with Crippen molar-refractivity contribution in [3.8, 4) is 17.0 Å². The molecule has 100 valence electrons. The zero-order valence-corrected chi connectivity index (χ0v) is 11.7. The van der Waals surface area contributed by atoms with Gasteiger partial charge in [-0.05, 0) is 36.6 Å². The maximum atomic E-state index is 11.1. The Labute approximate surface area is 112 Å². The number of H-pyrrole nitrogens is 1. The van der Waals surface area contributed by atoms with Crippen LogP contribution in [0.15, 0.2) is 18.2 Å². The largest absolute Gasteiger partial charge is 0.496 e. The van der Waals surface area contributed by atoms with Crippen LogP contribution >= 0.6 is 0 Å². The van der Waals surface area contributed by atoms with E-state index in [1.54, 1.807) is 7.11 Å². The summed E-state index contributed by atoms with van der Waals surface area (Å²) in [7, 11) is 1.66. The topological polar surface area (TPSA) is 55.0 Å². The Kier molecular flexibility index (Phi) is 3.69. The van der Waals surface area contributed by atoms with Gasteiger partial charge >= 0.3 is 0 Å². The van der Waals surface area contributed by atoms with Crippen molar-refractivity contribution in [2.75, 3.05) is 7.11 Å². The molecule has 0 saturated carbocycles. The highest BCUT2D eigenvalue weighted by Gasteiger charge is 2.14. The number of benzene rings is 1. The van der Waals surface area contributed by atoms with Gasteiger partial charge in [-0.2, -0.15) is 5.10 Å². The van der Waals surface area contributed by atoms with E-state index in [0.717, 1.165) is 28.9 Å². The van der Waals surface area contributed by atoms with E-state index in [9.17, 15) is 4.79 Å². The highest BCUT2D eigenvalue weighted by atomic mass is 16.5. The van der Waals surface area contributed by atoms with Crippen molar-refractivity contribution in [2.24, 2.45) is 0 Å². The number of aromatic nitrogens is 2. The monoisotopic (exact) mass is 258 g/mol. The zero-order valence-electron chi connectivity index (χ0n) is 11.7. The first-order valence-electron chi connectivity index (χ1n) is 6.27. The standard InChI is InChI=1S/C15H18N2O2/c1-9(2)12-7-11(5-6-14(12)19-4)15-13(8-18)10(3)16-17-15/h5-9H,1-4H3,(H,16,17). The van der Waals surface area contributed by atoms with E-state index in [1.165, 1.54) is 0 Å². The molecule has 0 aliphatic heterocycles. The van der Waals surface area contributed by atoms with Crippen LogP contribution in [0.25, 0.3) is 11.3 Å². The zero-order chi connectivity index (χ0) is 14.0. The number of carbonyl (C=O) groups excluding carboxylic acids is 1. The number of hydrogen-bond acceptors (Lipinski definition) is 3. The number of ether oxygens (including phenoxy) is 1. The van der Waals surface area contributed by atoms with Crippen LogP contribution in [0.1, 0.15) is 41.4 Å². The van der Waals surface area contributed by atoms with Crippen molar-refractivity contribution in [3.05, 3.63) is 35.0 Å². The number of rotatable bonds is 4. The maximum absolute atomic E-state index is 11.1. The second kappa shape index (κ2) is 5.26. The van der Waals surface area contributed by atoms with Crippen molar-refractivity contribution in [2.45, 2.75) is 26.7 Å². The van der Waals surface area contributed by atoms with E-state index in [-0.39, 0.29) is 0 Å². The number of carbonyl (C=O) groups is 1. The predicted octanol–water partition coefficient (Wildman–Crippen LogP) is 3.33. The van der Waals surface area contributed by atoms with E-state index < -0.39 is 0 Å². The summed E-state index contributed by atoms with van der Waals surface area (Å²) in [5.74, 6) is 1.20. The summed E-state index contributed by atoms with van der Waals surface area (Å²) < 4.78 is 5.36. The van der Waals surface area contributed by atoms with Gasteiger partial charge in [0.15, 0.2) is 6.29 Å². The minimum atomic E-state index is 0.342. The smallest absolute Gasteiger partial charge is 0.154 e. The molecule has 0 atom stereocenters. The Balaban J connectivity index is 2.57. The van der Waals surface area contributed by atoms with Gasteiger partial charge in [-0.1, -0.05) is 13.8 Å². The van der Waals surface area contributed by atoms with Crippen LogP contribution in [-0.2, 0) is 0 Å². The van der Waals surface area contributed by atoms with Crippen molar-refractivity contribution in [1.29, 1.82) is 0 Å². The first kappa shape index (κ1) is 13.3. The molecule has 0 radical (unpaired) electrons. The fourth-order valence-electron chi connectivity index (χ4n) is 2.13. The lowest BCUT2D eigenvalue weighted by Crippen LogP contribution is -1.96. The molecule has 1 aromatic heterocycles. The molecule has 19 heavy (non-hydrogen) atoms. The predicted molar refractivity (Wildman–Crippen MR) is 74.8 cm³/mol. The molecular formula is C15H18N2O2. The number of aryl methyl sites for hydroxylation is 1. The molecule has 2 aromatic rings. The van der Waals surface area contributed by atoms with Gasteiger partial charge in [-0.15, -0.1) is 0 Å². The highest BCUT2D eigenvalue weighted by Crippen LogP contribution is 2.32. The Morgan fingerprint density at radius 3 is 2.68 bits per heavy atom. The third-order valence-corrected chi connectivity index (χ3v) is 3.24. The maximum Gasteiger partial charge on any atom is 0.154 e. The van der Waals surface area contributed by atoms with Crippen LogP contribution in [0.3, 0.4) is 0 Å². The molecule has 1 heterocycles. The van der Waals surface area contributed by atoms with Crippen LogP contribution in [0.5, 0.6) is 5.75 Å². The van der Waals surface area contributed by atoms with Gasteiger partial charge in [-0.3, -0.25) is 9.89 Å². The summed E-state index contributed by atoms with van der Waals surface area (Å²) >= 11 is 0. The molecule has 0 amide bonds. The van der Waals surface area contributed by atoms with E-state index in [2.05, 4.69) is 24.0 Å². The summed E-state index contributed by atoms with van der Waals surface area (Å²) in [6.45, 7) is 6.06. The Morgan fingerprint density at radius 1 is 1.37 bits per heavy atom. The summed E-state index contributed by atoms with van der Waals surface area (Å²) in [6, 6.07) is 5.88. The fraction of sp³-hybridized carbons (Fsp3) is 0.333. The van der Waals surface area contributed by atoms with Crippen molar-refractivity contribution in [3.63, 3.8) is 0 Å². The summed E-state index contributed by atoms with van der Waals surface area (Å²) in [5, 5.41) is 7.07. The molecule has 0 fully saturated rings. The van der Waals surface area contributed by atoms with Gasteiger partial charge in [0, 0.05) is 11.3 Å². The second-order valence-electron chi connectivity index (χ2n) is 4.84. The van der Waals surface area contributed by atoms with E-state index in [4.69, 9.17) is 4.74 Å². The minimum Gasteiger partial charge on any atom is -0.496 e. The van der Waals surface area contributed by atoms with Crippen LogP contribution in [0, 0.1) is 6.92 Å². The summed E-state index contributed by atoms with van der Waals surface area (Å²) in [4.78, 5) is 11.1. The van der Waals surface area contributed by atoms with Gasteiger partial charge in [0.2, 0.25) is 0 Å². The van der Waals surface area contributed by atoms with E-state index in [1.807, 2.05) is 25.1 Å². The molecule has 4 heteroatoms. The SMILES string of the molecule is COc1ccc(-c2n[nH]c(C)c2C=O)cc1C(C)C. The van der Waals surface area contributed by atoms with Gasteiger partial charge in [-0.25, -0.2) is 0 Å². The average molecular weight is 258 g/mol. The highest BCUT2D eigenvalue weighted by molar-refractivity contribution is 5.87. The lowest BCUT2D eigenvalue weighted by Gasteiger charge is -2.13. The molecule has 2 rings (SSSR count). The van der Waals surface area contributed by atoms with Crippen LogP contribution in [0.2, 0.25) is 0 Å². The first-order chi connectivity index (χ1) is 9.08.